The third kappa shape index (κ3) is 4.39. The van der Waals surface area contributed by atoms with Crippen molar-refractivity contribution in [2.45, 2.75) is 13.3 Å². The number of para-hydroxylation sites is 2. The highest BCUT2D eigenvalue weighted by atomic mass is 16.2. The molecule has 0 radical (unpaired) electrons. The van der Waals surface area contributed by atoms with E-state index in [9.17, 15) is 9.59 Å². The molecule has 0 aliphatic carbocycles. The van der Waals surface area contributed by atoms with Gasteiger partial charge in [-0.2, -0.15) is 0 Å². The van der Waals surface area contributed by atoms with E-state index in [0.717, 1.165) is 11.3 Å². The minimum atomic E-state index is -0.309. The van der Waals surface area contributed by atoms with Crippen LogP contribution in [-0.2, 0) is 9.59 Å². The van der Waals surface area contributed by atoms with Crippen LogP contribution < -0.4 is 10.2 Å². The zero-order valence-electron chi connectivity index (χ0n) is 11.9. The van der Waals surface area contributed by atoms with Crippen LogP contribution in [0.5, 0.6) is 0 Å². The maximum atomic E-state index is 11.5. The number of anilines is 2. The van der Waals surface area contributed by atoms with E-state index in [1.165, 1.54) is 0 Å². The van der Waals surface area contributed by atoms with Crippen molar-refractivity contribution in [3.05, 3.63) is 48.6 Å². The van der Waals surface area contributed by atoms with E-state index in [1.54, 1.807) is 0 Å². The first kappa shape index (κ1) is 15.7. The summed E-state index contributed by atoms with van der Waals surface area (Å²) in [5.74, 6) is -0.309. The molecule has 4 nitrogen and oxygen atoms in total. The van der Waals surface area contributed by atoms with Crippen molar-refractivity contribution >= 4 is 23.6 Å². The van der Waals surface area contributed by atoms with Crippen molar-refractivity contribution in [1.82, 2.24) is 0 Å². The number of hydrogen-bond donors (Lipinski definition) is 1. The van der Waals surface area contributed by atoms with Gasteiger partial charge in [-0.15, -0.1) is 0 Å². The van der Waals surface area contributed by atoms with Gasteiger partial charge in [0, 0.05) is 13.6 Å². The van der Waals surface area contributed by atoms with Gasteiger partial charge in [0.1, 0.15) is 6.29 Å². The van der Waals surface area contributed by atoms with Crippen molar-refractivity contribution in [3.63, 3.8) is 0 Å². The summed E-state index contributed by atoms with van der Waals surface area (Å²) in [6.45, 7) is 6.43. The number of carbonyl (C=O) groups excluding carboxylic acids is 2. The topological polar surface area (TPSA) is 49.4 Å². The lowest BCUT2D eigenvalue weighted by Gasteiger charge is -2.23. The van der Waals surface area contributed by atoms with Crippen LogP contribution in [0.3, 0.4) is 0 Å². The van der Waals surface area contributed by atoms with Crippen LogP contribution in [0.4, 0.5) is 11.4 Å². The molecule has 4 heteroatoms. The summed E-state index contributed by atoms with van der Waals surface area (Å²) in [4.78, 5) is 23.9. The summed E-state index contributed by atoms with van der Waals surface area (Å²) in [5, 5.41) is 2.74. The number of rotatable bonds is 7. The molecule has 0 bridgehead atoms. The van der Waals surface area contributed by atoms with Crippen molar-refractivity contribution in [2.75, 3.05) is 23.8 Å². The fourth-order valence-electron chi connectivity index (χ4n) is 1.82. The molecule has 1 aromatic carbocycles. The molecule has 0 aliphatic heterocycles. The highest BCUT2D eigenvalue weighted by Crippen LogP contribution is 2.25. The number of nitrogens with zero attached hydrogens (tertiary/aromatic N) is 1. The monoisotopic (exact) mass is 272 g/mol. The Morgan fingerprint density at radius 3 is 2.70 bits per heavy atom. The smallest absolute Gasteiger partial charge is 0.231 e. The average Bonchev–Trinajstić information content (AvgIpc) is 2.45. The van der Waals surface area contributed by atoms with Gasteiger partial charge in [-0.3, -0.25) is 4.79 Å². The van der Waals surface area contributed by atoms with E-state index < -0.39 is 0 Å². The van der Waals surface area contributed by atoms with E-state index in [4.69, 9.17) is 0 Å². The molecule has 0 atom stereocenters. The summed E-state index contributed by atoms with van der Waals surface area (Å²) in [6.07, 6.45) is 4.27. The maximum absolute atomic E-state index is 11.5. The predicted octanol–water partition coefficient (Wildman–Crippen LogP) is 2.78. The SMILES string of the molecule is C=C/C(=C\C)CN(C)c1ccccc1NC(=O)CC=O. The Morgan fingerprint density at radius 1 is 1.40 bits per heavy atom. The van der Waals surface area contributed by atoms with Gasteiger partial charge in [0.05, 0.1) is 17.8 Å². The normalized spacial score (nSPS) is 10.8. The number of likely N-dealkylation sites (N-methyl/N-ethyl adjacent to an activating group) is 1. The van der Waals surface area contributed by atoms with Gasteiger partial charge >= 0.3 is 0 Å². The Morgan fingerprint density at radius 2 is 2.10 bits per heavy atom. The molecule has 1 amide bonds. The standard InChI is InChI=1S/C16H20N2O2/c1-4-13(5-2)12-18(3)15-9-7-6-8-14(15)17-16(20)10-11-19/h4-9,11H,1,10,12H2,2-3H3,(H,17,20)/b13-5+. The maximum Gasteiger partial charge on any atom is 0.231 e. The lowest BCUT2D eigenvalue weighted by atomic mass is 10.2. The quantitative estimate of drug-likeness (QED) is 0.472. The van der Waals surface area contributed by atoms with Gasteiger partial charge < -0.3 is 15.0 Å². The van der Waals surface area contributed by atoms with Crippen molar-refractivity contribution in [1.29, 1.82) is 0 Å². The van der Waals surface area contributed by atoms with E-state index in [-0.39, 0.29) is 12.3 Å². The molecule has 20 heavy (non-hydrogen) atoms. The Labute approximate surface area is 119 Å². The Hall–Kier alpha value is -2.36. The van der Waals surface area contributed by atoms with Crippen LogP contribution >= 0.6 is 0 Å². The number of nitrogens with one attached hydrogen (secondary N) is 1. The van der Waals surface area contributed by atoms with Crippen LogP contribution in [0.25, 0.3) is 0 Å². The number of hydrogen-bond acceptors (Lipinski definition) is 3. The van der Waals surface area contributed by atoms with Crippen LogP contribution in [-0.4, -0.2) is 25.8 Å². The lowest BCUT2D eigenvalue weighted by Crippen LogP contribution is -2.22. The Bertz CT molecular complexity index is 521. The number of benzene rings is 1. The van der Waals surface area contributed by atoms with Crippen LogP contribution in [0.2, 0.25) is 0 Å². The van der Waals surface area contributed by atoms with E-state index in [2.05, 4.69) is 11.9 Å². The third-order valence-corrected chi connectivity index (χ3v) is 2.91. The van der Waals surface area contributed by atoms with E-state index in [1.807, 2.05) is 55.3 Å². The number of allylic oxidation sites excluding steroid dienone is 1. The predicted molar refractivity (Wildman–Crippen MR) is 83.0 cm³/mol. The van der Waals surface area contributed by atoms with Crippen molar-refractivity contribution < 1.29 is 9.59 Å². The van der Waals surface area contributed by atoms with E-state index >= 15 is 0 Å². The van der Waals surface area contributed by atoms with Gasteiger partial charge in [-0.05, 0) is 24.6 Å². The van der Waals surface area contributed by atoms with Crippen molar-refractivity contribution in [3.8, 4) is 0 Å². The van der Waals surface area contributed by atoms with Crippen LogP contribution in [0.1, 0.15) is 13.3 Å². The summed E-state index contributed by atoms with van der Waals surface area (Å²) < 4.78 is 0. The van der Waals surface area contributed by atoms with Crippen LogP contribution in [0.15, 0.2) is 48.6 Å². The largest absolute Gasteiger partial charge is 0.369 e. The minimum absolute atomic E-state index is 0.134. The summed E-state index contributed by atoms with van der Waals surface area (Å²) in [6, 6.07) is 7.49. The fraction of sp³-hybridized carbons (Fsp3) is 0.250. The molecule has 0 heterocycles. The molecule has 0 saturated carbocycles. The number of amides is 1. The summed E-state index contributed by atoms with van der Waals surface area (Å²) >= 11 is 0. The van der Waals surface area contributed by atoms with E-state index in [0.29, 0.717) is 18.5 Å². The fourth-order valence-corrected chi connectivity index (χ4v) is 1.82. The minimum Gasteiger partial charge on any atom is -0.369 e. The molecule has 0 aromatic heterocycles. The van der Waals surface area contributed by atoms with Crippen molar-refractivity contribution in [2.24, 2.45) is 0 Å². The highest BCUT2D eigenvalue weighted by Gasteiger charge is 2.10. The molecular weight excluding hydrogens is 252 g/mol. The molecule has 0 unspecified atom stereocenters. The first-order valence-electron chi connectivity index (χ1n) is 6.43. The molecular formula is C16H20N2O2. The second kappa shape index (κ2) is 7.94. The van der Waals surface area contributed by atoms with Gasteiger partial charge in [0.2, 0.25) is 5.91 Å². The molecule has 0 spiro atoms. The Balaban J connectivity index is 2.91. The average molecular weight is 272 g/mol. The molecule has 0 aliphatic rings. The third-order valence-electron chi connectivity index (χ3n) is 2.91. The highest BCUT2D eigenvalue weighted by molar-refractivity contribution is 6.00. The first-order valence-corrected chi connectivity index (χ1v) is 6.43. The number of aldehydes is 1. The van der Waals surface area contributed by atoms with Gasteiger partial charge in [0.25, 0.3) is 0 Å². The van der Waals surface area contributed by atoms with Crippen LogP contribution in [0, 0.1) is 0 Å². The Kier molecular flexibility index (Phi) is 6.23. The van der Waals surface area contributed by atoms with Gasteiger partial charge in [-0.25, -0.2) is 0 Å². The zero-order valence-corrected chi connectivity index (χ0v) is 11.9. The second-order valence-corrected chi connectivity index (χ2v) is 4.36. The molecule has 0 saturated heterocycles. The second-order valence-electron chi connectivity index (χ2n) is 4.36. The number of carbonyl (C=O) groups is 2. The first-order chi connectivity index (χ1) is 9.62. The molecule has 1 aromatic rings. The summed E-state index contributed by atoms with van der Waals surface area (Å²) in [7, 11) is 1.94. The molecule has 1 N–H and O–H groups in total. The summed E-state index contributed by atoms with van der Waals surface area (Å²) in [5.41, 5.74) is 2.69. The molecule has 0 fully saturated rings. The zero-order chi connectivity index (χ0) is 15.0. The molecule has 106 valence electrons. The van der Waals surface area contributed by atoms with Gasteiger partial charge in [0.15, 0.2) is 0 Å². The lowest BCUT2D eigenvalue weighted by molar-refractivity contribution is -0.119. The van der Waals surface area contributed by atoms with Gasteiger partial charge in [-0.1, -0.05) is 30.9 Å². The molecule has 1 rings (SSSR count).